The van der Waals surface area contributed by atoms with E-state index in [4.69, 9.17) is 5.73 Å². The molecule has 1 aromatic carbocycles. The first-order chi connectivity index (χ1) is 8.99. The third-order valence-electron chi connectivity index (χ3n) is 3.75. The van der Waals surface area contributed by atoms with Gasteiger partial charge in [0.05, 0.1) is 0 Å². The van der Waals surface area contributed by atoms with Crippen LogP contribution in [0, 0.1) is 0 Å². The topological polar surface area (TPSA) is 86.8 Å². The number of carbonyl (C=O) groups is 1. The van der Waals surface area contributed by atoms with Gasteiger partial charge < -0.3 is 20.8 Å². The quantitative estimate of drug-likeness (QED) is 0.754. The van der Waals surface area contributed by atoms with Crippen molar-refractivity contribution in [1.82, 2.24) is 4.90 Å². The van der Waals surface area contributed by atoms with Crippen molar-refractivity contribution < 1.29 is 15.0 Å². The van der Waals surface area contributed by atoms with Crippen LogP contribution in [0.3, 0.4) is 0 Å². The number of hydrogen-bond donors (Lipinski definition) is 3. The molecule has 104 valence electrons. The van der Waals surface area contributed by atoms with Crippen molar-refractivity contribution in [1.29, 1.82) is 0 Å². The van der Waals surface area contributed by atoms with Gasteiger partial charge in [-0.05, 0) is 25.0 Å². The molecular formula is C14H20N2O3. The number of aromatic hydroxyl groups is 2. The summed E-state index contributed by atoms with van der Waals surface area (Å²) in [6, 6.07) is 3.92. The number of hydrogen-bond acceptors (Lipinski definition) is 4. The summed E-state index contributed by atoms with van der Waals surface area (Å²) in [4.78, 5) is 14.0. The molecule has 1 fully saturated rings. The van der Waals surface area contributed by atoms with Crippen LogP contribution in [0.15, 0.2) is 18.2 Å². The lowest BCUT2D eigenvalue weighted by molar-refractivity contribution is 0.0671. The number of carbonyl (C=O) groups excluding carboxylic acids is 1. The molecule has 2 atom stereocenters. The van der Waals surface area contributed by atoms with Gasteiger partial charge in [0.25, 0.3) is 5.91 Å². The first-order valence-electron chi connectivity index (χ1n) is 6.55. The highest BCUT2D eigenvalue weighted by molar-refractivity contribution is 5.95. The smallest absolute Gasteiger partial charge is 0.254 e. The number of phenols is 2. The van der Waals surface area contributed by atoms with E-state index in [1.807, 2.05) is 0 Å². The first-order valence-corrected chi connectivity index (χ1v) is 6.55. The lowest BCUT2D eigenvalue weighted by Gasteiger charge is -2.36. The minimum atomic E-state index is -0.228. The highest BCUT2D eigenvalue weighted by Gasteiger charge is 2.29. The van der Waals surface area contributed by atoms with Crippen LogP contribution in [0.4, 0.5) is 0 Å². The zero-order valence-corrected chi connectivity index (χ0v) is 11.0. The number of nitrogens with zero attached hydrogens (tertiary/aromatic N) is 1. The van der Waals surface area contributed by atoms with Crippen molar-refractivity contribution in [2.45, 2.75) is 37.8 Å². The van der Waals surface area contributed by atoms with Crippen LogP contribution in [0.1, 0.15) is 36.0 Å². The molecule has 5 heteroatoms. The maximum atomic E-state index is 12.3. The molecule has 2 unspecified atom stereocenters. The molecule has 0 aliphatic heterocycles. The molecule has 0 bridgehead atoms. The van der Waals surface area contributed by atoms with Gasteiger partial charge >= 0.3 is 0 Å². The molecule has 0 saturated heterocycles. The van der Waals surface area contributed by atoms with E-state index >= 15 is 0 Å². The molecule has 1 amide bonds. The zero-order valence-electron chi connectivity index (χ0n) is 11.0. The van der Waals surface area contributed by atoms with E-state index in [0.29, 0.717) is 0 Å². The van der Waals surface area contributed by atoms with Crippen molar-refractivity contribution >= 4 is 5.91 Å². The normalized spacial score (nSPS) is 23.1. The SMILES string of the molecule is CN(C(=O)c1cc(O)cc(O)c1)C1CCCCC1N. The summed E-state index contributed by atoms with van der Waals surface area (Å²) in [6.07, 6.45) is 4.00. The summed E-state index contributed by atoms with van der Waals surface area (Å²) >= 11 is 0. The summed E-state index contributed by atoms with van der Waals surface area (Å²) in [5.74, 6) is -0.470. The minimum absolute atomic E-state index is 0.00592. The Labute approximate surface area is 112 Å². The van der Waals surface area contributed by atoms with Gasteiger partial charge in [-0.2, -0.15) is 0 Å². The summed E-state index contributed by atoms with van der Waals surface area (Å²) in [5.41, 5.74) is 6.34. The molecule has 1 aliphatic carbocycles. The van der Waals surface area contributed by atoms with E-state index in [0.717, 1.165) is 25.7 Å². The van der Waals surface area contributed by atoms with Crippen LogP contribution in [0.25, 0.3) is 0 Å². The number of likely N-dealkylation sites (N-methyl/N-ethyl adjacent to an activating group) is 1. The zero-order chi connectivity index (χ0) is 14.0. The number of amides is 1. The minimum Gasteiger partial charge on any atom is -0.508 e. The van der Waals surface area contributed by atoms with Crippen molar-refractivity contribution in [2.24, 2.45) is 5.73 Å². The second-order valence-corrected chi connectivity index (χ2v) is 5.17. The Balaban J connectivity index is 2.18. The van der Waals surface area contributed by atoms with Gasteiger partial charge in [-0.15, -0.1) is 0 Å². The Morgan fingerprint density at radius 3 is 2.37 bits per heavy atom. The average molecular weight is 264 g/mol. The second-order valence-electron chi connectivity index (χ2n) is 5.17. The first kappa shape index (κ1) is 13.7. The molecule has 5 nitrogen and oxygen atoms in total. The number of benzene rings is 1. The van der Waals surface area contributed by atoms with E-state index in [9.17, 15) is 15.0 Å². The van der Waals surface area contributed by atoms with Gasteiger partial charge in [0.15, 0.2) is 0 Å². The molecule has 1 saturated carbocycles. The van der Waals surface area contributed by atoms with Gasteiger partial charge in [-0.25, -0.2) is 0 Å². The lowest BCUT2D eigenvalue weighted by Crippen LogP contribution is -2.50. The Morgan fingerprint density at radius 2 is 1.79 bits per heavy atom. The standard InChI is InChI=1S/C14H20N2O3/c1-16(13-5-3-2-4-12(13)15)14(19)9-6-10(17)8-11(18)7-9/h6-8,12-13,17-18H,2-5,15H2,1H3. The van der Waals surface area contributed by atoms with Gasteiger partial charge in [-0.3, -0.25) is 4.79 Å². The summed E-state index contributed by atoms with van der Waals surface area (Å²) in [6.45, 7) is 0. The third-order valence-corrected chi connectivity index (χ3v) is 3.75. The Morgan fingerprint density at radius 1 is 1.21 bits per heavy atom. The van der Waals surface area contributed by atoms with Gasteiger partial charge in [-0.1, -0.05) is 12.8 Å². The Kier molecular flexibility index (Phi) is 3.95. The number of phenolic OH excluding ortho intramolecular Hbond substituents is 2. The average Bonchev–Trinajstić information content (AvgIpc) is 2.36. The highest BCUT2D eigenvalue weighted by atomic mass is 16.3. The van der Waals surface area contributed by atoms with Crippen molar-refractivity contribution in [3.63, 3.8) is 0 Å². The molecular weight excluding hydrogens is 244 g/mol. The van der Waals surface area contributed by atoms with Crippen molar-refractivity contribution in [2.75, 3.05) is 7.05 Å². The molecule has 0 radical (unpaired) electrons. The van der Waals surface area contributed by atoms with E-state index < -0.39 is 0 Å². The highest BCUT2D eigenvalue weighted by Crippen LogP contribution is 2.25. The number of nitrogens with two attached hydrogens (primary N) is 1. The van der Waals surface area contributed by atoms with Gasteiger partial charge in [0.2, 0.25) is 0 Å². The fraction of sp³-hybridized carbons (Fsp3) is 0.500. The summed E-state index contributed by atoms with van der Waals surface area (Å²) in [7, 11) is 1.72. The third kappa shape index (κ3) is 2.98. The summed E-state index contributed by atoms with van der Waals surface area (Å²) in [5, 5.41) is 18.9. The molecule has 2 rings (SSSR count). The second kappa shape index (κ2) is 5.48. The van der Waals surface area contributed by atoms with Crippen molar-refractivity contribution in [3.05, 3.63) is 23.8 Å². The van der Waals surface area contributed by atoms with Crippen LogP contribution < -0.4 is 5.73 Å². The maximum absolute atomic E-state index is 12.3. The fourth-order valence-corrected chi connectivity index (χ4v) is 2.69. The van der Waals surface area contributed by atoms with Crippen LogP contribution in [-0.4, -0.2) is 40.2 Å². The predicted molar refractivity (Wildman–Crippen MR) is 72.1 cm³/mol. The predicted octanol–water partition coefficient (Wildman–Crippen LogP) is 1.44. The van der Waals surface area contributed by atoms with Crippen molar-refractivity contribution in [3.8, 4) is 11.5 Å². The van der Waals surface area contributed by atoms with Gasteiger partial charge in [0.1, 0.15) is 11.5 Å². The van der Waals surface area contributed by atoms with Gasteiger partial charge in [0, 0.05) is 30.8 Å². The molecule has 1 aliphatic rings. The Bertz CT molecular complexity index is 456. The molecule has 0 aromatic heterocycles. The monoisotopic (exact) mass is 264 g/mol. The molecule has 19 heavy (non-hydrogen) atoms. The largest absolute Gasteiger partial charge is 0.508 e. The number of rotatable bonds is 2. The fourth-order valence-electron chi connectivity index (χ4n) is 2.69. The lowest BCUT2D eigenvalue weighted by atomic mass is 9.90. The van der Waals surface area contributed by atoms with E-state index in [1.165, 1.54) is 18.2 Å². The van der Waals surface area contributed by atoms with Crippen LogP contribution in [0.5, 0.6) is 11.5 Å². The molecule has 1 aromatic rings. The molecule has 0 heterocycles. The molecule has 0 spiro atoms. The Hall–Kier alpha value is -1.75. The maximum Gasteiger partial charge on any atom is 0.254 e. The van der Waals surface area contributed by atoms with Crippen LogP contribution >= 0.6 is 0 Å². The van der Waals surface area contributed by atoms with Crippen LogP contribution in [0.2, 0.25) is 0 Å². The molecule has 4 N–H and O–H groups in total. The van der Waals surface area contributed by atoms with Crippen LogP contribution in [-0.2, 0) is 0 Å². The van der Waals surface area contributed by atoms with E-state index in [-0.39, 0.29) is 35.1 Å². The van der Waals surface area contributed by atoms with E-state index in [2.05, 4.69) is 0 Å². The van der Waals surface area contributed by atoms with E-state index in [1.54, 1.807) is 11.9 Å². The summed E-state index contributed by atoms with van der Waals surface area (Å²) < 4.78 is 0.